The van der Waals surface area contributed by atoms with E-state index in [-0.39, 0.29) is 18.3 Å². The third kappa shape index (κ3) is 3.30. The normalized spacial score (nSPS) is 23.7. The molecule has 2 aliphatic rings. The van der Waals surface area contributed by atoms with Gasteiger partial charge in [0.1, 0.15) is 5.82 Å². The van der Waals surface area contributed by atoms with Crippen molar-refractivity contribution in [2.75, 3.05) is 5.32 Å². The van der Waals surface area contributed by atoms with Gasteiger partial charge in [0, 0.05) is 12.2 Å². The van der Waals surface area contributed by atoms with E-state index < -0.39 is 0 Å². The molecule has 0 aromatic carbocycles. The number of hydrogen-bond donors (Lipinski definition) is 1. The van der Waals surface area contributed by atoms with E-state index in [1.165, 1.54) is 12.8 Å². The molecule has 0 atom stereocenters. The number of pyridine rings is 1. The third-order valence-corrected chi connectivity index (χ3v) is 4.43. The Morgan fingerprint density at radius 3 is 2.52 bits per heavy atom. The van der Waals surface area contributed by atoms with Gasteiger partial charge in [-0.1, -0.05) is 12.1 Å². The number of nitrogens with one attached hydrogen (secondary N) is 1. The van der Waals surface area contributed by atoms with Crippen molar-refractivity contribution in [3.8, 4) is 0 Å². The van der Waals surface area contributed by atoms with Gasteiger partial charge in [-0.3, -0.25) is 0 Å². The molecule has 112 valence electrons. The topological polar surface area (TPSA) is 43.4 Å². The van der Waals surface area contributed by atoms with Gasteiger partial charge in [-0.05, 0) is 58.2 Å². The van der Waals surface area contributed by atoms with Gasteiger partial charge in [-0.15, -0.1) is 0 Å². The summed E-state index contributed by atoms with van der Waals surface area (Å²) in [7, 11) is -0.303. The maximum Gasteiger partial charge on any atom is 0.487 e. The van der Waals surface area contributed by atoms with Crippen molar-refractivity contribution < 1.29 is 9.31 Å². The summed E-state index contributed by atoms with van der Waals surface area (Å²) in [6.45, 7) is 8.24. The molecule has 2 fully saturated rings. The molecule has 0 spiro atoms. The summed E-state index contributed by atoms with van der Waals surface area (Å²) in [5.41, 5.74) is 0.514. The van der Waals surface area contributed by atoms with Crippen molar-refractivity contribution in [3.63, 3.8) is 0 Å². The number of nitrogens with zero attached hydrogens (tertiary/aromatic N) is 1. The van der Waals surface area contributed by atoms with Crippen molar-refractivity contribution in [3.05, 3.63) is 29.9 Å². The molecule has 1 aliphatic carbocycles. The number of anilines is 1. The van der Waals surface area contributed by atoms with E-state index in [2.05, 4.69) is 44.1 Å². The molecule has 21 heavy (non-hydrogen) atoms. The van der Waals surface area contributed by atoms with Crippen LogP contribution < -0.4 is 5.32 Å². The van der Waals surface area contributed by atoms with Crippen LogP contribution in [0.1, 0.15) is 46.1 Å². The zero-order chi connectivity index (χ0) is 15.1. The Hall–Kier alpha value is -1.33. The van der Waals surface area contributed by atoms with Gasteiger partial charge >= 0.3 is 7.12 Å². The maximum absolute atomic E-state index is 5.95. The molecule has 0 radical (unpaired) electrons. The first-order chi connectivity index (χ1) is 9.86. The Bertz CT molecular complexity index is 537. The van der Waals surface area contributed by atoms with E-state index in [1.807, 2.05) is 24.3 Å². The molecule has 1 aromatic rings. The maximum atomic E-state index is 5.95. The predicted molar refractivity (Wildman–Crippen MR) is 86.0 cm³/mol. The summed E-state index contributed by atoms with van der Waals surface area (Å²) in [6, 6.07) is 4.65. The minimum Gasteiger partial charge on any atom is -0.400 e. The first kappa shape index (κ1) is 14.6. The largest absolute Gasteiger partial charge is 0.487 e. The smallest absolute Gasteiger partial charge is 0.400 e. The fourth-order valence-corrected chi connectivity index (χ4v) is 2.22. The van der Waals surface area contributed by atoms with Crippen LogP contribution in [0.15, 0.2) is 24.3 Å². The lowest BCUT2D eigenvalue weighted by molar-refractivity contribution is 0.00578. The highest BCUT2D eigenvalue weighted by atomic mass is 16.7. The van der Waals surface area contributed by atoms with Crippen LogP contribution >= 0.6 is 0 Å². The van der Waals surface area contributed by atoms with Crippen LogP contribution in [0.4, 0.5) is 5.82 Å². The Morgan fingerprint density at radius 1 is 1.24 bits per heavy atom. The fraction of sp³-hybridized carbons (Fsp3) is 0.562. The number of hydrogen-bond acceptors (Lipinski definition) is 4. The van der Waals surface area contributed by atoms with Gasteiger partial charge in [0.25, 0.3) is 0 Å². The van der Waals surface area contributed by atoms with E-state index in [9.17, 15) is 0 Å². The molecule has 1 aliphatic heterocycles. The van der Waals surface area contributed by atoms with Crippen LogP contribution in [0.3, 0.4) is 0 Å². The molecular formula is C16H23BN2O2. The summed E-state index contributed by atoms with van der Waals surface area (Å²) in [6.07, 6.45) is 6.35. The minimum absolute atomic E-state index is 0.293. The molecule has 1 saturated heterocycles. The van der Waals surface area contributed by atoms with Gasteiger partial charge in [-0.25, -0.2) is 4.98 Å². The quantitative estimate of drug-likeness (QED) is 0.862. The van der Waals surface area contributed by atoms with E-state index >= 15 is 0 Å². The van der Waals surface area contributed by atoms with E-state index in [0.717, 1.165) is 11.4 Å². The predicted octanol–water partition coefficient (Wildman–Crippen LogP) is 3.30. The van der Waals surface area contributed by atoms with Gasteiger partial charge in [0.05, 0.1) is 11.2 Å². The molecule has 4 nitrogen and oxygen atoms in total. The summed E-state index contributed by atoms with van der Waals surface area (Å²) in [4.78, 5) is 4.34. The first-order valence-electron chi connectivity index (χ1n) is 7.62. The second-order valence-corrected chi connectivity index (χ2v) is 6.88. The van der Waals surface area contributed by atoms with Gasteiger partial charge in [0.15, 0.2) is 0 Å². The van der Waals surface area contributed by atoms with Crippen LogP contribution in [-0.4, -0.2) is 29.3 Å². The molecule has 1 N–H and O–H groups in total. The van der Waals surface area contributed by atoms with Crippen molar-refractivity contribution in [2.45, 2.75) is 57.8 Å². The molecule has 5 heteroatoms. The Labute approximate surface area is 127 Å². The summed E-state index contributed by atoms with van der Waals surface area (Å²) in [5, 5.41) is 3.40. The highest BCUT2D eigenvalue weighted by molar-refractivity contribution is 6.52. The van der Waals surface area contributed by atoms with E-state index in [4.69, 9.17) is 9.31 Å². The van der Waals surface area contributed by atoms with Crippen LogP contribution in [0.2, 0.25) is 0 Å². The third-order valence-electron chi connectivity index (χ3n) is 4.43. The zero-order valence-electron chi connectivity index (χ0n) is 13.2. The molecule has 2 heterocycles. The molecule has 3 rings (SSSR count). The first-order valence-corrected chi connectivity index (χ1v) is 7.62. The summed E-state index contributed by atoms with van der Waals surface area (Å²) < 4.78 is 11.9. The fourth-order valence-electron chi connectivity index (χ4n) is 2.22. The molecule has 0 unspecified atom stereocenters. The van der Waals surface area contributed by atoms with Crippen LogP contribution in [0.5, 0.6) is 0 Å². The highest BCUT2D eigenvalue weighted by Gasteiger charge is 2.49. The Kier molecular flexibility index (Phi) is 3.58. The van der Waals surface area contributed by atoms with Gasteiger partial charge in [0.2, 0.25) is 0 Å². The molecule has 1 saturated carbocycles. The second-order valence-electron chi connectivity index (χ2n) is 6.88. The Balaban J connectivity index is 1.66. The monoisotopic (exact) mass is 286 g/mol. The minimum atomic E-state index is -0.303. The Morgan fingerprint density at radius 2 is 1.90 bits per heavy atom. The van der Waals surface area contributed by atoms with Gasteiger partial charge in [-0.2, -0.15) is 0 Å². The molecule has 0 amide bonds. The lowest BCUT2D eigenvalue weighted by Crippen LogP contribution is -2.41. The van der Waals surface area contributed by atoms with E-state index in [0.29, 0.717) is 6.04 Å². The average Bonchev–Trinajstić information content (AvgIpc) is 3.15. The molecule has 0 bridgehead atoms. The standard InChI is InChI=1S/C16H23BN2O2/c1-15(2)16(3,4)21-17(20-15)9-7-12-8-10-18-14(11-12)19-13-5-6-13/h7-11,13H,5-6H2,1-4H3,(H,18,19)/b9-7+. The van der Waals surface area contributed by atoms with Crippen molar-refractivity contribution in [2.24, 2.45) is 0 Å². The van der Waals surface area contributed by atoms with Crippen LogP contribution in [-0.2, 0) is 9.31 Å². The lowest BCUT2D eigenvalue weighted by Gasteiger charge is -2.32. The summed E-state index contributed by atoms with van der Waals surface area (Å²) >= 11 is 0. The summed E-state index contributed by atoms with van der Waals surface area (Å²) in [5.74, 6) is 2.90. The number of rotatable bonds is 4. The molecular weight excluding hydrogens is 263 g/mol. The van der Waals surface area contributed by atoms with Crippen molar-refractivity contribution in [1.29, 1.82) is 0 Å². The van der Waals surface area contributed by atoms with Crippen LogP contribution in [0, 0.1) is 0 Å². The number of aromatic nitrogens is 1. The van der Waals surface area contributed by atoms with Crippen molar-refractivity contribution in [1.82, 2.24) is 4.98 Å². The molecule has 1 aromatic heterocycles. The van der Waals surface area contributed by atoms with E-state index in [1.54, 1.807) is 0 Å². The second kappa shape index (κ2) is 5.14. The zero-order valence-corrected chi connectivity index (χ0v) is 13.2. The van der Waals surface area contributed by atoms with Gasteiger partial charge < -0.3 is 14.6 Å². The SMILES string of the molecule is CC1(C)OB(/C=C/c2ccnc(NC3CC3)c2)OC1(C)C. The highest BCUT2D eigenvalue weighted by Crippen LogP contribution is 2.37. The van der Waals surface area contributed by atoms with Crippen molar-refractivity contribution >= 4 is 19.0 Å². The van der Waals surface area contributed by atoms with Crippen LogP contribution in [0.25, 0.3) is 6.08 Å². The average molecular weight is 286 g/mol. The lowest BCUT2D eigenvalue weighted by atomic mass is 9.89.